The fraction of sp³-hybridized carbons (Fsp3) is 1.00. The molecule has 0 aliphatic heterocycles. The normalized spacial score (nSPS) is 13.0. The zero-order valence-electron chi connectivity index (χ0n) is 10.7. The summed E-state index contributed by atoms with van der Waals surface area (Å²) >= 11 is 0. The second-order valence-corrected chi connectivity index (χ2v) is 4.40. The Labute approximate surface area is 96.0 Å². The Balaban J connectivity index is 3.14. The van der Waals surface area contributed by atoms with Crippen molar-refractivity contribution < 1.29 is 0 Å². The van der Waals surface area contributed by atoms with Gasteiger partial charge in [0.25, 0.3) is 0 Å². The second-order valence-electron chi connectivity index (χ2n) is 4.40. The van der Waals surface area contributed by atoms with Crippen LogP contribution < -0.4 is 11.1 Å². The number of hydrogen-bond donors (Lipinski definition) is 2. The fourth-order valence-electron chi connectivity index (χ4n) is 1.90. The molecule has 0 radical (unpaired) electrons. The number of unbranched alkanes of at least 4 members (excludes halogenated alkanes) is 4. The summed E-state index contributed by atoms with van der Waals surface area (Å²) in [7, 11) is 0. The van der Waals surface area contributed by atoms with E-state index in [0.717, 1.165) is 12.6 Å². The predicted octanol–water partition coefficient (Wildman–Crippen LogP) is 3.06. The molecule has 1 atom stereocenters. The van der Waals surface area contributed by atoms with Crippen molar-refractivity contribution in [3.05, 3.63) is 0 Å². The molecule has 0 bridgehead atoms. The minimum Gasteiger partial charge on any atom is -0.330 e. The van der Waals surface area contributed by atoms with Gasteiger partial charge in [0, 0.05) is 6.04 Å². The van der Waals surface area contributed by atoms with Crippen molar-refractivity contribution >= 4 is 0 Å². The molecular formula is C13H30N2. The Bertz CT molecular complexity index is 115. The molecule has 0 aromatic heterocycles. The highest BCUT2D eigenvalue weighted by Crippen LogP contribution is 2.04. The molecule has 0 saturated heterocycles. The molecule has 0 heterocycles. The molecule has 0 fully saturated rings. The van der Waals surface area contributed by atoms with E-state index in [4.69, 9.17) is 5.73 Å². The number of hydrogen-bond acceptors (Lipinski definition) is 2. The highest BCUT2D eigenvalue weighted by atomic mass is 14.9. The highest BCUT2D eigenvalue weighted by molar-refractivity contribution is 4.63. The quantitative estimate of drug-likeness (QED) is 0.519. The van der Waals surface area contributed by atoms with Crippen molar-refractivity contribution in [2.45, 2.75) is 71.3 Å². The number of rotatable bonds is 11. The summed E-state index contributed by atoms with van der Waals surface area (Å²) < 4.78 is 0. The monoisotopic (exact) mass is 214 g/mol. The molecule has 0 amide bonds. The first-order chi connectivity index (χ1) is 7.35. The molecule has 0 aromatic carbocycles. The lowest BCUT2D eigenvalue weighted by Crippen LogP contribution is -2.29. The van der Waals surface area contributed by atoms with Crippen LogP contribution in [0.1, 0.15) is 65.2 Å². The van der Waals surface area contributed by atoms with E-state index in [-0.39, 0.29) is 0 Å². The topological polar surface area (TPSA) is 38.0 Å². The molecule has 1 unspecified atom stereocenters. The molecule has 0 saturated carbocycles. The van der Waals surface area contributed by atoms with Crippen molar-refractivity contribution in [1.29, 1.82) is 0 Å². The van der Waals surface area contributed by atoms with Crippen LogP contribution in [0.15, 0.2) is 0 Å². The van der Waals surface area contributed by atoms with E-state index in [1.54, 1.807) is 0 Å². The van der Waals surface area contributed by atoms with Gasteiger partial charge < -0.3 is 11.1 Å². The van der Waals surface area contributed by atoms with E-state index in [9.17, 15) is 0 Å². The Morgan fingerprint density at radius 3 is 2.27 bits per heavy atom. The van der Waals surface area contributed by atoms with Crippen molar-refractivity contribution in [2.24, 2.45) is 5.73 Å². The maximum Gasteiger partial charge on any atom is 0.00643 e. The minimum absolute atomic E-state index is 0.749. The molecule has 3 N–H and O–H groups in total. The van der Waals surface area contributed by atoms with Gasteiger partial charge in [-0.2, -0.15) is 0 Å². The first-order valence-corrected chi connectivity index (χ1v) is 6.78. The van der Waals surface area contributed by atoms with Gasteiger partial charge in [-0.25, -0.2) is 0 Å². The SMILES string of the molecule is CCCC(CC)NCCCCCCCN. The third-order valence-corrected chi connectivity index (χ3v) is 2.94. The smallest absolute Gasteiger partial charge is 0.00643 e. The number of nitrogens with two attached hydrogens (primary N) is 1. The average molecular weight is 214 g/mol. The summed E-state index contributed by atoms with van der Waals surface area (Å²) in [5, 5.41) is 3.64. The van der Waals surface area contributed by atoms with Gasteiger partial charge >= 0.3 is 0 Å². The van der Waals surface area contributed by atoms with Crippen LogP contribution in [0.2, 0.25) is 0 Å². The predicted molar refractivity (Wildman–Crippen MR) is 69.1 cm³/mol. The zero-order chi connectivity index (χ0) is 11.4. The van der Waals surface area contributed by atoms with Crippen molar-refractivity contribution in [3.8, 4) is 0 Å². The lowest BCUT2D eigenvalue weighted by atomic mass is 10.1. The van der Waals surface area contributed by atoms with Crippen LogP contribution in [0.3, 0.4) is 0 Å². The molecule has 2 heteroatoms. The highest BCUT2D eigenvalue weighted by Gasteiger charge is 2.02. The van der Waals surface area contributed by atoms with Crippen LogP contribution in [0.4, 0.5) is 0 Å². The van der Waals surface area contributed by atoms with Gasteiger partial charge in [0.15, 0.2) is 0 Å². The molecule has 0 spiro atoms. The number of nitrogens with one attached hydrogen (secondary N) is 1. The second kappa shape index (κ2) is 12.0. The van der Waals surface area contributed by atoms with Crippen LogP contribution in [-0.4, -0.2) is 19.1 Å². The summed E-state index contributed by atoms with van der Waals surface area (Å²) in [4.78, 5) is 0. The van der Waals surface area contributed by atoms with Gasteiger partial charge in [-0.15, -0.1) is 0 Å². The fourth-order valence-corrected chi connectivity index (χ4v) is 1.90. The van der Waals surface area contributed by atoms with Crippen LogP contribution in [0.5, 0.6) is 0 Å². The van der Waals surface area contributed by atoms with Crippen molar-refractivity contribution in [3.63, 3.8) is 0 Å². The van der Waals surface area contributed by atoms with E-state index >= 15 is 0 Å². The summed E-state index contributed by atoms with van der Waals surface area (Å²) in [5.41, 5.74) is 5.45. The summed E-state index contributed by atoms with van der Waals surface area (Å²) in [6.07, 6.45) is 10.4. The Morgan fingerprint density at radius 2 is 1.67 bits per heavy atom. The first kappa shape index (κ1) is 14.9. The van der Waals surface area contributed by atoms with Crippen LogP contribution in [0, 0.1) is 0 Å². The Kier molecular flexibility index (Phi) is 11.9. The van der Waals surface area contributed by atoms with E-state index in [1.165, 1.54) is 57.9 Å². The van der Waals surface area contributed by atoms with Gasteiger partial charge in [0.2, 0.25) is 0 Å². The van der Waals surface area contributed by atoms with E-state index < -0.39 is 0 Å². The lowest BCUT2D eigenvalue weighted by Gasteiger charge is -2.15. The first-order valence-electron chi connectivity index (χ1n) is 6.78. The molecule has 0 aliphatic rings. The summed E-state index contributed by atoms with van der Waals surface area (Å²) in [6, 6.07) is 0.749. The Morgan fingerprint density at radius 1 is 1.00 bits per heavy atom. The third-order valence-electron chi connectivity index (χ3n) is 2.94. The van der Waals surface area contributed by atoms with Crippen molar-refractivity contribution in [1.82, 2.24) is 5.32 Å². The summed E-state index contributed by atoms with van der Waals surface area (Å²) in [5.74, 6) is 0. The average Bonchev–Trinajstić information content (AvgIpc) is 2.26. The van der Waals surface area contributed by atoms with E-state index in [1.807, 2.05) is 0 Å². The zero-order valence-corrected chi connectivity index (χ0v) is 10.7. The molecular weight excluding hydrogens is 184 g/mol. The van der Waals surface area contributed by atoms with Gasteiger partial charge in [-0.05, 0) is 38.8 Å². The van der Waals surface area contributed by atoms with Crippen LogP contribution >= 0.6 is 0 Å². The van der Waals surface area contributed by atoms with E-state index in [0.29, 0.717) is 0 Å². The molecule has 2 nitrogen and oxygen atoms in total. The summed E-state index contributed by atoms with van der Waals surface area (Å²) in [6.45, 7) is 6.58. The maximum atomic E-state index is 5.45. The molecule has 0 rings (SSSR count). The van der Waals surface area contributed by atoms with Gasteiger partial charge in [-0.1, -0.05) is 39.5 Å². The molecule has 92 valence electrons. The van der Waals surface area contributed by atoms with E-state index in [2.05, 4.69) is 19.2 Å². The van der Waals surface area contributed by atoms with Crippen LogP contribution in [0.25, 0.3) is 0 Å². The van der Waals surface area contributed by atoms with Crippen LogP contribution in [-0.2, 0) is 0 Å². The molecule has 15 heavy (non-hydrogen) atoms. The largest absolute Gasteiger partial charge is 0.330 e. The molecule has 0 aliphatic carbocycles. The van der Waals surface area contributed by atoms with Crippen molar-refractivity contribution in [2.75, 3.05) is 13.1 Å². The van der Waals surface area contributed by atoms with Gasteiger partial charge in [-0.3, -0.25) is 0 Å². The standard InChI is InChI=1S/C13H30N2/c1-3-10-13(4-2)15-12-9-7-5-6-8-11-14/h13,15H,3-12,14H2,1-2H3. The van der Waals surface area contributed by atoms with Gasteiger partial charge in [0.1, 0.15) is 0 Å². The minimum atomic E-state index is 0.749. The third kappa shape index (κ3) is 10.2. The molecule has 0 aromatic rings. The Hall–Kier alpha value is -0.0800. The lowest BCUT2D eigenvalue weighted by molar-refractivity contribution is 0.451. The maximum absolute atomic E-state index is 5.45. The van der Waals surface area contributed by atoms with Gasteiger partial charge in [0.05, 0.1) is 0 Å².